The molecular formula is C22H24BrNO4S2. The molecule has 0 atom stereocenters. The van der Waals surface area contributed by atoms with E-state index in [4.69, 9.17) is 4.74 Å². The van der Waals surface area contributed by atoms with Crippen LogP contribution in [-0.4, -0.2) is 30.8 Å². The van der Waals surface area contributed by atoms with Gasteiger partial charge in [0.05, 0.1) is 10.4 Å². The van der Waals surface area contributed by atoms with Crippen LogP contribution in [0.25, 0.3) is 10.9 Å². The Hall–Kier alpha value is -1.77. The van der Waals surface area contributed by atoms with Crippen molar-refractivity contribution in [3.63, 3.8) is 0 Å². The molecule has 1 heterocycles. The topological polar surface area (TPSA) is 65.4 Å². The van der Waals surface area contributed by atoms with Crippen LogP contribution < -0.4 is 0 Å². The summed E-state index contributed by atoms with van der Waals surface area (Å²) in [5.41, 5.74) is 1.33. The molecule has 0 aliphatic carbocycles. The molecule has 0 aliphatic heterocycles. The minimum Gasteiger partial charge on any atom is -0.459 e. The number of nitrogens with zero attached hydrogens (tertiary/aromatic N) is 1. The number of benzene rings is 2. The van der Waals surface area contributed by atoms with Crippen LogP contribution in [0, 0.1) is 6.92 Å². The summed E-state index contributed by atoms with van der Waals surface area (Å²) >= 11 is 5.18. The molecule has 0 amide bonds. The third kappa shape index (κ3) is 5.10. The highest BCUT2D eigenvalue weighted by molar-refractivity contribution is 9.10. The van der Waals surface area contributed by atoms with Gasteiger partial charge >= 0.3 is 5.97 Å². The second-order valence-electron chi connectivity index (χ2n) is 8.07. The zero-order valence-electron chi connectivity index (χ0n) is 17.5. The summed E-state index contributed by atoms with van der Waals surface area (Å²) in [4.78, 5) is 14.7. The normalized spacial score (nSPS) is 12.3. The first-order valence-electron chi connectivity index (χ1n) is 9.34. The summed E-state index contributed by atoms with van der Waals surface area (Å²) in [6.07, 6.45) is 1.20. The molecule has 5 nitrogen and oxygen atoms in total. The fraction of sp³-hybridized carbons (Fsp3) is 0.318. The van der Waals surface area contributed by atoms with Gasteiger partial charge in [-0.3, -0.25) is 4.79 Å². The fourth-order valence-electron chi connectivity index (χ4n) is 3.15. The Morgan fingerprint density at radius 2 is 1.77 bits per heavy atom. The summed E-state index contributed by atoms with van der Waals surface area (Å²) in [6, 6.07) is 12.7. The van der Waals surface area contributed by atoms with Crippen LogP contribution in [0.15, 0.2) is 61.6 Å². The lowest BCUT2D eigenvalue weighted by Crippen LogP contribution is -2.26. The molecule has 0 fully saturated rings. The first kappa shape index (κ1) is 22.9. The molecule has 0 bridgehead atoms. The second kappa shape index (κ2) is 8.40. The molecular weight excluding hydrogens is 486 g/mol. The maximum Gasteiger partial charge on any atom is 0.326 e. The van der Waals surface area contributed by atoms with Crippen molar-refractivity contribution in [1.82, 2.24) is 4.57 Å². The zero-order valence-corrected chi connectivity index (χ0v) is 20.7. The minimum absolute atomic E-state index is 0.115. The summed E-state index contributed by atoms with van der Waals surface area (Å²) in [7, 11) is -3.24. The molecule has 0 unspecified atom stereocenters. The van der Waals surface area contributed by atoms with E-state index in [9.17, 15) is 13.2 Å². The van der Waals surface area contributed by atoms with Crippen molar-refractivity contribution in [1.29, 1.82) is 0 Å². The molecule has 0 N–H and O–H groups in total. The van der Waals surface area contributed by atoms with Gasteiger partial charge in [0, 0.05) is 31.6 Å². The van der Waals surface area contributed by atoms with Crippen LogP contribution in [0.4, 0.5) is 0 Å². The Morgan fingerprint density at radius 3 is 2.33 bits per heavy atom. The number of hydrogen-bond acceptors (Lipinski definition) is 5. The minimum atomic E-state index is -3.24. The van der Waals surface area contributed by atoms with Crippen molar-refractivity contribution in [2.45, 2.75) is 54.5 Å². The lowest BCUT2D eigenvalue weighted by atomic mass is 10.2. The molecule has 8 heteroatoms. The van der Waals surface area contributed by atoms with Crippen molar-refractivity contribution in [3.8, 4) is 0 Å². The molecule has 0 aliphatic rings. The molecule has 0 radical (unpaired) electrons. The SMILES string of the molecule is Cc1c(Sc2ccc(S(C)(=O)=O)cc2)c2c(Br)cccc2n1CC(=O)OC(C)(C)C. The summed E-state index contributed by atoms with van der Waals surface area (Å²) in [5.74, 6) is -0.295. The third-order valence-electron chi connectivity index (χ3n) is 4.42. The average Bonchev–Trinajstić information content (AvgIpc) is 2.87. The number of esters is 1. The van der Waals surface area contributed by atoms with Crippen molar-refractivity contribution in [2.24, 2.45) is 0 Å². The number of ether oxygens (including phenoxy) is 1. The lowest BCUT2D eigenvalue weighted by Gasteiger charge is -2.20. The Morgan fingerprint density at radius 1 is 1.13 bits per heavy atom. The van der Waals surface area contributed by atoms with Gasteiger partial charge in [0.25, 0.3) is 0 Å². The molecule has 30 heavy (non-hydrogen) atoms. The summed E-state index contributed by atoms with van der Waals surface area (Å²) in [6.45, 7) is 7.64. The van der Waals surface area contributed by atoms with Crippen molar-refractivity contribution in [3.05, 3.63) is 52.6 Å². The fourth-order valence-corrected chi connectivity index (χ4v) is 5.55. The molecule has 0 saturated heterocycles. The smallest absolute Gasteiger partial charge is 0.326 e. The van der Waals surface area contributed by atoms with E-state index in [0.717, 1.165) is 30.9 Å². The van der Waals surface area contributed by atoms with Crippen LogP contribution in [0.5, 0.6) is 0 Å². The van der Waals surface area contributed by atoms with E-state index in [2.05, 4.69) is 15.9 Å². The van der Waals surface area contributed by atoms with E-state index in [1.807, 2.05) is 50.5 Å². The van der Waals surface area contributed by atoms with Gasteiger partial charge in [-0.15, -0.1) is 0 Å². The standard InChI is InChI=1S/C22H24BrNO4S2/c1-14-21(29-15-9-11-16(12-10-15)30(5,26)27)20-17(23)7-6-8-18(20)24(14)13-19(25)28-22(2,3)4/h6-12H,13H2,1-5H3. The van der Waals surface area contributed by atoms with Gasteiger partial charge < -0.3 is 9.30 Å². The van der Waals surface area contributed by atoms with Gasteiger partial charge in [0.2, 0.25) is 0 Å². The number of hydrogen-bond donors (Lipinski definition) is 0. The molecule has 160 valence electrons. The highest BCUT2D eigenvalue weighted by atomic mass is 79.9. The van der Waals surface area contributed by atoms with Gasteiger partial charge in [-0.2, -0.15) is 0 Å². The van der Waals surface area contributed by atoms with Crippen molar-refractivity contribution >= 4 is 54.4 Å². The Kier molecular flexibility index (Phi) is 6.41. The third-order valence-corrected chi connectivity index (χ3v) is 7.42. The van der Waals surface area contributed by atoms with Gasteiger partial charge in [-0.1, -0.05) is 33.8 Å². The van der Waals surface area contributed by atoms with Gasteiger partial charge in [0.15, 0.2) is 9.84 Å². The quantitative estimate of drug-likeness (QED) is 0.418. The van der Waals surface area contributed by atoms with E-state index in [-0.39, 0.29) is 17.4 Å². The molecule has 0 saturated carbocycles. The average molecular weight is 510 g/mol. The lowest BCUT2D eigenvalue weighted by molar-refractivity contribution is -0.155. The van der Waals surface area contributed by atoms with Gasteiger partial charge in [-0.05, 0) is 64.1 Å². The summed E-state index contributed by atoms with van der Waals surface area (Å²) in [5, 5.41) is 1.01. The van der Waals surface area contributed by atoms with E-state index in [1.165, 1.54) is 6.26 Å². The molecule has 3 rings (SSSR count). The number of carbonyl (C=O) groups is 1. The first-order valence-corrected chi connectivity index (χ1v) is 12.8. The number of fused-ring (bicyclic) bond motifs is 1. The Bertz CT molecular complexity index is 1210. The van der Waals surface area contributed by atoms with E-state index in [0.29, 0.717) is 0 Å². The highest BCUT2D eigenvalue weighted by Crippen LogP contribution is 2.41. The maximum atomic E-state index is 12.5. The molecule has 3 aromatic rings. The predicted octanol–water partition coefficient (Wildman–Crippen LogP) is 5.61. The van der Waals surface area contributed by atoms with Gasteiger partial charge in [-0.25, -0.2) is 8.42 Å². The van der Waals surface area contributed by atoms with Crippen molar-refractivity contribution < 1.29 is 17.9 Å². The molecule has 1 aromatic heterocycles. The van der Waals surface area contributed by atoms with Crippen molar-refractivity contribution in [2.75, 3.05) is 6.26 Å². The number of aromatic nitrogens is 1. The number of carbonyl (C=O) groups excluding carboxylic acids is 1. The monoisotopic (exact) mass is 509 g/mol. The summed E-state index contributed by atoms with van der Waals surface area (Å²) < 4.78 is 31.8. The van der Waals surface area contributed by atoms with Crippen LogP contribution in [0.3, 0.4) is 0 Å². The van der Waals surface area contributed by atoms with E-state index >= 15 is 0 Å². The zero-order chi connectivity index (χ0) is 22.3. The van der Waals surface area contributed by atoms with Crippen LogP contribution in [0.1, 0.15) is 26.5 Å². The number of halogens is 1. The van der Waals surface area contributed by atoms with Gasteiger partial charge in [0.1, 0.15) is 12.1 Å². The number of sulfone groups is 1. The predicted molar refractivity (Wildman–Crippen MR) is 124 cm³/mol. The first-order chi connectivity index (χ1) is 13.9. The molecule has 2 aromatic carbocycles. The largest absolute Gasteiger partial charge is 0.459 e. The Labute approximate surface area is 189 Å². The van der Waals surface area contributed by atoms with E-state index in [1.54, 1.807) is 36.0 Å². The van der Waals surface area contributed by atoms with Crippen LogP contribution in [-0.2, 0) is 25.9 Å². The highest BCUT2D eigenvalue weighted by Gasteiger charge is 2.22. The Balaban J connectivity index is 2.03. The maximum absolute atomic E-state index is 12.5. The number of rotatable bonds is 5. The molecule has 0 spiro atoms. The van der Waals surface area contributed by atoms with Crippen LogP contribution >= 0.6 is 27.7 Å². The van der Waals surface area contributed by atoms with E-state index < -0.39 is 15.4 Å². The van der Waals surface area contributed by atoms with Crippen LogP contribution in [0.2, 0.25) is 0 Å². The second-order valence-corrected chi connectivity index (χ2v) is 12.0.